The van der Waals surface area contributed by atoms with Crippen LogP contribution in [0.25, 0.3) is 0 Å². The van der Waals surface area contributed by atoms with Gasteiger partial charge in [-0.05, 0) is 30.5 Å². The van der Waals surface area contributed by atoms with Gasteiger partial charge in [0.05, 0.1) is 17.6 Å². The van der Waals surface area contributed by atoms with Crippen molar-refractivity contribution in [2.24, 2.45) is 0 Å². The Morgan fingerprint density at radius 3 is 2.12 bits per heavy atom. The maximum atomic E-state index is 11.3. The number of hydrogen-bond acceptors (Lipinski definition) is 3. The SMILES string of the molecule is CCC(CC)(C(=O)[O-])c1ccc(C#N)cc1. The summed E-state index contributed by atoms with van der Waals surface area (Å²) in [5.74, 6) is -1.05. The number of carboxylic acid groups (broad SMARTS) is 1. The van der Waals surface area contributed by atoms with Crippen molar-refractivity contribution in [3.05, 3.63) is 35.4 Å². The lowest BCUT2D eigenvalue weighted by Gasteiger charge is -2.33. The zero-order valence-electron chi connectivity index (χ0n) is 9.49. The first-order valence-electron chi connectivity index (χ1n) is 5.32. The normalized spacial score (nSPS) is 10.8. The summed E-state index contributed by atoms with van der Waals surface area (Å²) in [6.45, 7) is 3.66. The van der Waals surface area contributed by atoms with Gasteiger partial charge in [0.1, 0.15) is 0 Å². The van der Waals surface area contributed by atoms with E-state index < -0.39 is 11.4 Å². The Hall–Kier alpha value is -1.82. The molecule has 1 rings (SSSR count). The standard InChI is InChI=1S/C13H15NO2/c1-3-13(4-2,12(15)16)11-7-5-10(9-14)6-8-11/h5-8H,3-4H2,1-2H3,(H,15,16)/p-1. The van der Waals surface area contributed by atoms with Gasteiger partial charge in [0.2, 0.25) is 0 Å². The molecule has 0 unspecified atom stereocenters. The van der Waals surface area contributed by atoms with E-state index in [4.69, 9.17) is 5.26 Å². The Morgan fingerprint density at radius 2 is 1.81 bits per heavy atom. The van der Waals surface area contributed by atoms with Crippen LogP contribution < -0.4 is 5.11 Å². The molecule has 0 heterocycles. The third-order valence-electron chi connectivity index (χ3n) is 3.16. The number of rotatable bonds is 4. The molecular formula is C13H14NO2-. The molecule has 0 fully saturated rings. The molecule has 0 aromatic heterocycles. The summed E-state index contributed by atoms with van der Waals surface area (Å²) < 4.78 is 0. The number of nitriles is 1. The number of nitrogens with zero attached hydrogens (tertiary/aromatic N) is 1. The smallest absolute Gasteiger partial charge is 0.0991 e. The molecule has 0 bridgehead atoms. The zero-order valence-corrected chi connectivity index (χ0v) is 9.49. The van der Waals surface area contributed by atoms with Gasteiger partial charge in [-0.25, -0.2) is 0 Å². The van der Waals surface area contributed by atoms with Crippen LogP contribution in [0, 0.1) is 11.3 Å². The van der Waals surface area contributed by atoms with Gasteiger partial charge in [0, 0.05) is 5.41 Å². The summed E-state index contributed by atoms with van der Waals surface area (Å²) in [7, 11) is 0. The van der Waals surface area contributed by atoms with Crippen molar-refractivity contribution >= 4 is 5.97 Å². The third-order valence-corrected chi connectivity index (χ3v) is 3.16. The van der Waals surface area contributed by atoms with Crippen LogP contribution in [0.1, 0.15) is 37.8 Å². The van der Waals surface area contributed by atoms with Crippen LogP contribution in [-0.2, 0) is 10.2 Å². The fourth-order valence-electron chi connectivity index (χ4n) is 1.93. The molecule has 1 aromatic rings. The quantitative estimate of drug-likeness (QED) is 0.763. The molecule has 84 valence electrons. The molecule has 0 saturated carbocycles. The van der Waals surface area contributed by atoms with Crippen molar-refractivity contribution in [2.45, 2.75) is 32.1 Å². The average Bonchev–Trinajstić information content (AvgIpc) is 2.32. The molecule has 0 aliphatic heterocycles. The highest BCUT2D eigenvalue weighted by Crippen LogP contribution is 2.31. The summed E-state index contributed by atoms with van der Waals surface area (Å²) in [5, 5.41) is 19.9. The second kappa shape index (κ2) is 4.80. The lowest BCUT2D eigenvalue weighted by Crippen LogP contribution is -2.45. The first-order chi connectivity index (χ1) is 7.60. The Morgan fingerprint density at radius 1 is 1.31 bits per heavy atom. The monoisotopic (exact) mass is 216 g/mol. The third kappa shape index (κ3) is 1.92. The Balaban J connectivity index is 3.22. The van der Waals surface area contributed by atoms with Crippen molar-refractivity contribution in [3.63, 3.8) is 0 Å². The minimum absolute atomic E-state index is 0.484. The Labute approximate surface area is 95.3 Å². The number of carbonyl (C=O) groups is 1. The van der Waals surface area contributed by atoms with Crippen molar-refractivity contribution in [1.29, 1.82) is 5.26 Å². The highest BCUT2D eigenvalue weighted by molar-refractivity contribution is 5.79. The van der Waals surface area contributed by atoms with Crippen LogP contribution in [0.15, 0.2) is 24.3 Å². The number of hydrogen-bond donors (Lipinski definition) is 0. The van der Waals surface area contributed by atoms with Crippen LogP contribution in [-0.4, -0.2) is 5.97 Å². The molecule has 3 heteroatoms. The minimum atomic E-state index is -1.05. The molecule has 0 saturated heterocycles. The van der Waals surface area contributed by atoms with E-state index >= 15 is 0 Å². The van der Waals surface area contributed by atoms with Gasteiger partial charge < -0.3 is 9.90 Å². The van der Waals surface area contributed by atoms with Gasteiger partial charge in [-0.3, -0.25) is 0 Å². The molecule has 1 aromatic carbocycles. The summed E-state index contributed by atoms with van der Waals surface area (Å²) in [5.41, 5.74) is 0.299. The van der Waals surface area contributed by atoms with Crippen LogP contribution in [0.4, 0.5) is 0 Å². The highest BCUT2D eigenvalue weighted by Gasteiger charge is 2.29. The topological polar surface area (TPSA) is 63.9 Å². The second-order valence-corrected chi connectivity index (χ2v) is 3.77. The van der Waals surface area contributed by atoms with Gasteiger partial charge >= 0.3 is 0 Å². The fourth-order valence-corrected chi connectivity index (χ4v) is 1.93. The van der Waals surface area contributed by atoms with E-state index in [-0.39, 0.29) is 0 Å². The highest BCUT2D eigenvalue weighted by atomic mass is 16.4. The van der Waals surface area contributed by atoms with Gasteiger partial charge in [0.15, 0.2) is 0 Å². The van der Waals surface area contributed by atoms with E-state index in [0.717, 1.165) is 0 Å². The number of aliphatic carboxylic acids is 1. The molecule has 0 aliphatic rings. The molecule has 0 atom stereocenters. The number of carbonyl (C=O) groups excluding carboxylic acids is 1. The molecule has 0 amide bonds. The van der Waals surface area contributed by atoms with Gasteiger partial charge in [-0.15, -0.1) is 0 Å². The molecule has 0 radical (unpaired) electrons. The molecular weight excluding hydrogens is 202 g/mol. The van der Waals surface area contributed by atoms with Crippen LogP contribution in [0.5, 0.6) is 0 Å². The van der Waals surface area contributed by atoms with Crippen LogP contribution in [0.2, 0.25) is 0 Å². The van der Waals surface area contributed by atoms with Crippen molar-refractivity contribution in [2.75, 3.05) is 0 Å². The Bertz CT molecular complexity index is 411. The largest absolute Gasteiger partial charge is 0.549 e. The van der Waals surface area contributed by atoms with E-state index in [1.165, 1.54) is 0 Å². The molecule has 3 nitrogen and oxygen atoms in total. The number of benzene rings is 1. The van der Waals surface area contributed by atoms with Crippen molar-refractivity contribution in [3.8, 4) is 6.07 Å². The zero-order chi connectivity index (χ0) is 12.2. The lowest BCUT2D eigenvalue weighted by molar-refractivity contribution is -0.314. The summed E-state index contributed by atoms with van der Waals surface area (Å²) in [6, 6.07) is 8.67. The molecule has 16 heavy (non-hydrogen) atoms. The predicted molar refractivity (Wildman–Crippen MR) is 58.4 cm³/mol. The minimum Gasteiger partial charge on any atom is -0.549 e. The van der Waals surface area contributed by atoms with Gasteiger partial charge in [0.25, 0.3) is 0 Å². The molecule has 0 aliphatic carbocycles. The summed E-state index contributed by atoms with van der Waals surface area (Å²) in [4.78, 5) is 11.3. The van der Waals surface area contributed by atoms with Crippen LogP contribution >= 0.6 is 0 Å². The summed E-state index contributed by atoms with van der Waals surface area (Å²) >= 11 is 0. The van der Waals surface area contributed by atoms with E-state index in [1.54, 1.807) is 24.3 Å². The maximum absolute atomic E-state index is 11.3. The van der Waals surface area contributed by atoms with E-state index in [0.29, 0.717) is 24.0 Å². The predicted octanol–water partition coefficient (Wildman–Crippen LogP) is 1.37. The summed E-state index contributed by atoms with van der Waals surface area (Å²) in [6.07, 6.45) is 0.968. The second-order valence-electron chi connectivity index (χ2n) is 3.77. The lowest BCUT2D eigenvalue weighted by atomic mass is 9.76. The van der Waals surface area contributed by atoms with E-state index in [2.05, 4.69) is 0 Å². The van der Waals surface area contributed by atoms with Crippen molar-refractivity contribution in [1.82, 2.24) is 0 Å². The van der Waals surface area contributed by atoms with Crippen LogP contribution in [0.3, 0.4) is 0 Å². The first kappa shape index (κ1) is 12.3. The first-order valence-corrected chi connectivity index (χ1v) is 5.32. The Kier molecular flexibility index (Phi) is 3.68. The van der Waals surface area contributed by atoms with E-state index in [9.17, 15) is 9.90 Å². The average molecular weight is 216 g/mol. The van der Waals surface area contributed by atoms with Gasteiger partial charge in [-0.2, -0.15) is 5.26 Å². The molecule has 0 spiro atoms. The maximum Gasteiger partial charge on any atom is 0.0991 e. The van der Waals surface area contributed by atoms with Crippen molar-refractivity contribution < 1.29 is 9.90 Å². The van der Waals surface area contributed by atoms with E-state index in [1.807, 2.05) is 19.9 Å². The fraction of sp³-hybridized carbons (Fsp3) is 0.385. The number of carboxylic acids is 1. The van der Waals surface area contributed by atoms with Gasteiger partial charge in [-0.1, -0.05) is 26.0 Å². The molecule has 0 N–H and O–H groups in total.